The van der Waals surface area contributed by atoms with Crippen molar-refractivity contribution in [2.75, 3.05) is 37.6 Å². The number of anilines is 1. The average Bonchev–Trinajstić information content (AvgIpc) is 3.17. The molecular formula is C23H26ClN3S. The van der Waals surface area contributed by atoms with Gasteiger partial charge in [-0.1, -0.05) is 42.5 Å². The molecule has 0 unspecified atom stereocenters. The van der Waals surface area contributed by atoms with Crippen LogP contribution < -0.4 is 4.90 Å². The molecule has 0 spiro atoms. The third-order valence-corrected chi connectivity index (χ3v) is 6.95. The quantitative estimate of drug-likeness (QED) is 0.620. The Hall–Kier alpha value is -1.88. The monoisotopic (exact) mass is 411 g/mol. The lowest BCUT2D eigenvalue weighted by molar-refractivity contribution is 0.261. The summed E-state index contributed by atoms with van der Waals surface area (Å²) in [6.07, 6.45) is 3.39. The van der Waals surface area contributed by atoms with E-state index in [1.807, 2.05) is 11.3 Å². The van der Waals surface area contributed by atoms with E-state index in [1.54, 1.807) is 0 Å². The fourth-order valence-electron chi connectivity index (χ4n) is 4.23. The van der Waals surface area contributed by atoms with Crippen molar-refractivity contribution in [1.29, 1.82) is 0 Å². The molecule has 0 radical (unpaired) electrons. The fraction of sp³-hybridized carbons (Fsp3) is 0.348. The minimum absolute atomic E-state index is 0. The number of halogens is 1. The average molecular weight is 412 g/mol. The second-order valence-electron chi connectivity index (χ2n) is 7.45. The summed E-state index contributed by atoms with van der Waals surface area (Å²) in [6.45, 7) is 5.64. The first kappa shape index (κ1) is 19.4. The standard InChI is InChI=1S/C23H25N3S.ClH/c1-2-7-19(8-3-1)26-16-14-25(15-17-26)13-12-22-24-23-20-9-5-4-6-18(20)10-11-21(23)27-22;/h1-9H,10-17H2;1H. The second kappa shape index (κ2) is 8.64. The molecule has 1 aliphatic carbocycles. The predicted molar refractivity (Wildman–Crippen MR) is 121 cm³/mol. The summed E-state index contributed by atoms with van der Waals surface area (Å²) in [5.74, 6) is 0. The molecule has 0 atom stereocenters. The Bertz CT molecular complexity index is 917. The molecule has 3 aromatic rings. The van der Waals surface area contributed by atoms with Crippen LogP contribution in [-0.4, -0.2) is 42.6 Å². The van der Waals surface area contributed by atoms with Crippen LogP contribution in [0.25, 0.3) is 11.3 Å². The minimum Gasteiger partial charge on any atom is -0.369 e. The normalized spacial score (nSPS) is 16.2. The molecule has 0 bridgehead atoms. The van der Waals surface area contributed by atoms with Crippen LogP contribution in [0, 0.1) is 0 Å². The molecular weight excluding hydrogens is 386 g/mol. The number of para-hydroxylation sites is 1. The predicted octanol–water partition coefficient (Wildman–Crippen LogP) is 4.70. The molecule has 0 saturated carbocycles. The number of hydrogen-bond acceptors (Lipinski definition) is 4. The van der Waals surface area contributed by atoms with E-state index in [-0.39, 0.29) is 12.4 Å². The van der Waals surface area contributed by atoms with Gasteiger partial charge in [0.1, 0.15) is 0 Å². The summed E-state index contributed by atoms with van der Waals surface area (Å²) >= 11 is 1.94. The third kappa shape index (κ3) is 3.95. The number of benzene rings is 2. The number of nitrogens with zero attached hydrogens (tertiary/aromatic N) is 3. The van der Waals surface area contributed by atoms with Crippen molar-refractivity contribution in [3.05, 3.63) is 70.0 Å². The van der Waals surface area contributed by atoms with Crippen LogP contribution in [0.3, 0.4) is 0 Å². The third-order valence-electron chi connectivity index (χ3n) is 5.77. The van der Waals surface area contributed by atoms with Crippen molar-refractivity contribution < 1.29 is 0 Å². The molecule has 3 nitrogen and oxygen atoms in total. The molecule has 1 fully saturated rings. The van der Waals surface area contributed by atoms with Gasteiger partial charge >= 0.3 is 0 Å². The number of piperazine rings is 1. The molecule has 2 heterocycles. The van der Waals surface area contributed by atoms with Gasteiger partial charge in [-0.3, -0.25) is 4.90 Å². The van der Waals surface area contributed by atoms with E-state index in [0.717, 1.165) is 52.0 Å². The molecule has 1 aliphatic heterocycles. The fourth-order valence-corrected chi connectivity index (χ4v) is 5.30. The van der Waals surface area contributed by atoms with Crippen molar-refractivity contribution in [2.45, 2.75) is 19.3 Å². The number of rotatable bonds is 4. The lowest BCUT2D eigenvalue weighted by atomic mass is 9.94. The number of aromatic nitrogens is 1. The van der Waals surface area contributed by atoms with E-state index in [0.29, 0.717) is 0 Å². The maximum atomic E-state index is 5.02. The van der Waals surface area contributed by atoms with Crippen molar-refractivity contribution in [3.63, 3.8) is 0 Å². The molecule has 0 amide bonds. The molecule has 2 aliphatic rings. The summed E-state index contributed by atoms with van der Waals surface area (Å²) < 4.78 is 0. The highest BCUT2D eigenvalue weighted by Crippen LogP contribution is 2.36. The van der Waals surface area contributed by atoms with Crippen LogP contribution >= 0.6 is 23.7 Å². The zero-order chi connectivity index (χ0) is 18.1. The van der Waals surface area contributed by atoms with Crippen molar-refractivity contribution in [1.82, 2.24) is 9.88 Å². The number of fused-ring (bicyclic) bond motifs is 3. The van der Waals surface area contributed by atoms with E-state index in [9.17, 15) is 0 Å². The molecule has 0 N–H and O–H groups in total. The van der Waals surface area contributed by atoms with Crippen LogP contribution in [0.5, 0.6) is 0 Å². The Morgan fingerprint density at radius 1 is 0.857 bits per heavy atom. The van der Waals surface area contributed by atoms with E-state index >= 15 is 0 Å². The van der Waals surface area contributed by atoms with Crippen LogP contribution in [0.1, 0.15) is 15.4 Å². The maximum Gasteiger partial charge on any atom is 0.0948 e. The lowest BCUT2D eigenvalue weighted by Gasteiger charge is -2.36. The molecule has 28 heavy (non-hydrogen) atoms. The van der Waals surface area contributed by atoms with Crippen LogP contribution in [0.2, 0.25) is 0 Å². The van der Waals surface area contributed by atoms with E-state index < -0.39 is 0 Å². The number of aryl methyl sites for hydroxylation is 2. The summed E-state index contributed by atoms with van der Waals surface area (Å²) in [7, 11) is 0. The first-order valence-electron chi connectivity index (χ1n) is 9.96. The van der Waals surface area contributed by atoms with Gasteiger partial charge in [-0.05, 0) is 30.5 Å². The molecule has 2 aromatic carbocycles. The van der Waals surface area contributed by atoms with Gasteiger partial charge in [-0.2, -0.15) is 0 Å². The zero-order valence-electron chi connectivity index (χ0n) is 16.0. The highest BCUT2D eigenvalue weighted by atomic mass is 35.5. The highest BCUT2D eigenvalue weighted by molar-refractivity contribution is 7.12. The molecule has 1 aromatic heterocycles. The molecule has 5 heteroatoms. The summed E-state index contributed by atoms with van der Waals surface area (Å²) in [5, 5.41) is 1.31. The molecule has 1 saturated heterocycles. The first-order chi connectivity index (χ1) is 13.4. The van der Waals surface area contributed by atoms with Crippen molar-refractivity contribution in [3.8, 4) is 11.3 Å². The van der Waals surface area contributed by atoms with Crippen molar-refractivity contribution in [2.24, 2.45) is 0 Å². The van der Waals surface area contributed by atoms with Gasteiger partial charge in [0.05, 0.1) is 10.7 Å². The van der Waals surface area contributed by atoms with Gasteiger partial charge in [0.25, 0.3) is 0 Å². The van der Waals surface area contributed by atoms with E-state index in [2.05, 4.69) is 64.4 Å². The Morgan fingerprint density at radius 2 is 1.61 bits per heavy atom. The number of thiazole rings is 1. The van der Waals surface area contributed by atoms with E-state index in [1.165, 1.54) is 32.4 Å². The van der Waals surface area contributed by atoms with Crippen LogP contribution in [-0.2, 0) is 19.3 Å². The summed E-state index contributed by atoms with van der Waals surface area (Å²) in [6, 6.07) is 19.6. The Balaban J connectivity index is 0.00000192. The van der Waals surface area contributed by atoms with Gasteiger partial charge < -0.3 is 4.90 Å². The maximum absolute atomic E-state index is 5.02. The summed E-state index contributed by atoms with van der Waals surface area (Å²) in [5.41, 5.74) is 5.42. The van der Waals surface area contributed by atoms with Gasteiger partial charge in [0.2, 0.25) is 0 Å². The van der Waals surface area contributed by atoms with Gasteiger partial charge in [-0.15, -0.1) is 23.7 Å². The lowest BCUT2D eigenvalue weighted by Crippen LogP contribution is -2.46. The van der Waals surface area contributed by atoms with Crippen molar-refractivity contribution >= 4 is 29.4 Å². The first-order valence-corrected chi connectivity index (χ1v) is 10.8. The Morgan fingerprint density at radius 3 is 2.43 bits per heavy atom. The van der Waals surface area contributed by atoms with Crippen LogP contribution in [0.4, 0.5) is 5.69 Å². The molecule has 146 valence electrons. The Labute approximate surface area is 177 Å². The largest absolute Gasteiger partial charge is 0.369 e. The Kier molecular flexibility index (Phi) is 6.00. The topological polar surface area (TPSA) is 19.4 Å². The van der Waals surface area contributed by atoms with Gasteiger partial charge in [0, 0.05) is 55.3 Å². The second-order valence-corrected chi connectivity index (χ2v) is 8.62. The van der Waals surface area contributed by atoms with Gasteiger partial charge in [-0.25, -0.2) is 4.98 Å². The van der Waals surface area contributed by atoms with Gasteiger partial charge in [0.15, 0.2) is 0 Å². The smallest absolute Gasteiger partial charge is 0.0948 e. The van der Waals surface area contributed by atoms with Crippen LogP contribution in [0.15, 0.2) is 54.6 Å². The number of hydrogen-bond donors (Lipinski definition) is 0. The van der Waals surface area contributed by atoms with E-state index in [4.69, 9.17) is 4.98 Å². The summed E-state index contributed by atoms with van der Waals surface area (Å²) in [4.78, 5) is 11.6. The SMILES string of the molecule is Cl.c1ccc(N2CCN(CCc3nc4c(s3)CCc3ccccc3-4)CC2)cc1. The minimum atomic E-state index is 0. The molecule has 5 rings (SSSR count). The highest BCUT2D eigenvalue weighted by Gasteiger charge is 2.21. The zero-order valence-corrected chi connectivity index (χ0v) is 17.6.